The highest BCUT2D eigenvalue weighted by Crippen LogP contribution is 2.39. The van der Waals surface area contributed by atoms with Crippen molar-refractivity contribution in [2.45, 2.75) is 19.1 Å². The molecule has 7 nitrogen and oxygen atoms in total. The first kappa shape index (κ1) is 19.1. The molecular weight excluding hydrogens is 372 g/mol. The molecule has 0 saturated carbocycles. The van der Waals surface area contributed by atoms with E-state index in [0.29, 0.717) is 24.6 Å². The van der Waals surface area contributed by atoms with E-state index in [1.165, 1.54) is 4.90 Å². The topological polar surface area (TPSA) is 68.3 Å². The lowest BCUT2D eigenvalue weighted by Gasteiger charge is -2.44. The second-order valence-electron chi connectivity index (χ2n) is 7.18. The summed E-state index contributed by atoms with van der Waals surface area (Å²) in [6.07, 6.45) is 0.269. The maximum atomic E-state index is 12.7. The number of methoxy groups -OCH3 is 2. The summed E-state index contributed by atoms with van der Waals surface area (Å²) in [5.74, 6) is 1.21. The highest BCUT2D eigenvalue weighted by Gasteiger charge is 2.39. The van der Waals surface area contributed by atoms with Crippen LogP contribution in [0.4, 0.5) is 4.79 Å². The second kappa shape index (κ2) is 8.03. The molecule has 1 saturated heterocycles. The van der Waals surface area contributed by atoms with Gasteiger partial charge in [0.1, 0.15) is 13.2 Å². The molecule has 2 aliphatic heterocycles. The maximum absolute atomic E-state index is 12.7. The molecule has 0 radical (unpaired) electrons. The molecule has 1 fully saturated rings. The molecule has 0 bridgehead atoms. The molecule has 2 aliphatic rings. The van der Waals surface area contributed by atoms with Crippen LogP contribution in [0.5, 0.6) is 11.5 Å². The zero-order valence-corrected chi connectivity index (χ0v) is 16.6. The molecule has 2 heterocycles. The summed E-state index contributed by atoms with van der Waals surface area (Å²) in [6.45, 7) is 1.23. The zero-order valence-electron chi connectivity index (χ0n) is 16.6. The second-order valence-corrected chi connectivity index (χ2v) is 7.18. The van der Waals surface area contributed by atoms with Gasteiger partial charge in [0, 0.05) is 13.1 Å². The van der Waals surface area contributed by atoms with E-state index < -0.39 is 6.09 Å². The Morgan fingerprint density at radius 3 is 2.55 bits per heavy atom. The van der Waals surface area contributed by atoms with Gasteiger partial charge >= 0.3 is 6.09 Å². The first-order chi connectivity index (χ1) is 14.1. The maximum Gasteiger partial charge on any atom is 0.410 e. The van der Waals surface area contributed by atoms with Gasteiger partial charge in [0.25, 0.3) is 0 Å². The van der Waals surface area contributed by atoms with Gasteiger partial charge in [0.05, 0.1) is 20.3 Å². The van der Waals surface area contributed by atoms with Gasteiger partial charge in [-0.05, 0) is 35.2 Å². The van der Waals surface area contributed by atoms with Crippen LogP contribution in [0.15, 0.2) is 42.5 Å². The molecule has 152 valence electrons. The Labute approximate surface area is 169 Å². The number of fused-ring (bicyclic) bond motifs is 3. The number of amides is 2. The van der Waals surface area contributed by atoms with Crippen molar-refractivity contribution >= 4 is 12.0 Å². The predicted octanol–water partition coefficient (Wildman–Crippen LogP) is 2.78. The van der Waals surface area contributed by atoms with Crippen molar-refractivity contribution < 1.29 is 23.8 Å². The van der Waals surface area contributed by atoms with E-state index in [-0.39, 0.29) is 25.1 Å². The molecule has 1 unspecified atom stereocenters. The van der Waals surface area contributed by atoms with Crippen molar-refractivity contribution in [1.29, 1.82) is 0 Å². The van der Waals surface area contributed by atoms with Crippen molar-refractivity contribution in [3.8, 4) is 11.5 Å². The van der Waals surface area contributed by atoms with Gasteiger partial charge in [-0.15, -0.1) is 0 Å². The van der Waals surface area contributed by atoms with Crippen molar-refractivity contribution in [3.05, 3.63) is 59.2 Å². The van der Waals surface area contributed by atoms with Crippen LogP contribution in [0.2, 0.25) is 0 Å². The molecule has 0 N–H and O–H groups in total. The number of carbonyl (C=O) groups is 2. The normalized spacial score (nSPS) is 18.0. The van der Waals surface area contributed by atoms with Crippen LogP contribution in [-0.2, 0) is 22.6 Å². The van der Waals surface area contributed by atoms with Crippen LogP contribution in [0.25, 0.3) is 0 Å². The van der Waals surface area contributed by atoms with Crippen molar-refractivity contribution in [2.75, 3.05) is 33.9 Å². The molecule has 4 rings (SSSR count). The Hall–Kier alpha value is -3.22. The molecule has 2 amide bonds. The highest BCUT2D eigenvalue weighted by molar-refractivity contribution is 5.84. The highest BCUT2D eigenvalue weighted by atomic mass is 16.6. The minimum atomic E-state index is -0.477. The summed E-state index contributed by atoms with van der Waals surface area (Å²) < 4.78 is 16.3. The number of benzene rings is 2. The van der Waals surface area contributed by atoms with E-state index in [2.05, 4.69) is 0 Å². The van der Waals surface area contributed by atoms with Gasteiger partial charge in [0.15, 0.2) is 11.5 Å². The van der Waals surface area contributed by atoms with Crippen molar-refractivity contribution in [3.63, 3.8) is 0 Å². The van der Waals surface area contributed by atoms with Crippen LogP contribution in [0.3, 0.4) is 0 Å². The first-order valence-corrected chi connectivity index (χ1v) is 9.60. The molecular formula is C22H24N2O5. The Balaban J connectivity index is 1.54. The van der Waals surface area contributed by atoms with Gasteiger partial charge in [-0.1, -0.05) is 30.3 Å². The van der Waals surface area contributed by atoms with Crippen LogP contribution in [-0.4, -0.2) is 55.7 Å². The quantitative estimate of drug-likeness (QED) is 0.795. The first-order valence-electron chi connectivity index (χ1n) is 9.60. The van der Waals surface area contributed by atoms with Gasteiger partial charge < -0.3 is 19.1 Å². The van der Waals surface area contributed by atoms with E-state index in [0.717, 1.165) is 23.1 Å². The lowest BCUT2D eigenvalue weighted by atomic mass is 9.90. The zero-order chi connectivity index (χ0) is 20.4. The van der Waals surface area contributed by atoms with Gasteiger partial charge in [-0.25, -0.2) is 4.79 Å². The minimum Gasteiger partial charge on any atom is -0.493 e. The number of ether oxygens (including phenoxy) is 3. The van der Waals surface area contributed by atoms with Crippen LogP contribution in [0.1, 0.15) is 22.7 Å². The van der Waals surface area contributed by atoms with E-state index in [4.69, 9.17) is 14.2 Å². The molecule has 2 aromatic rings. The molecule has 0 aliphatic carbocycles. The number of hydrogen-bond acceptors (Lipinski definition) is 5. The molecule has 2 aromatic carbocycles. The fourth-order valence-corrected chi connectivity index (χ4v) is 4.00. The number of rotatable bonds is 4. The van der Waals surface area contributed by atoms with Gasteiger partial charge in [-0.3, -0.25) is 9.69 Å². The summed E-state index contributed by atoms with van der Waals surface area (Å²) in [6, 6.07) is 13.1. The molecule has 7 heteroatoms. The van der Waals surface area contributed by atoms with Crippen LogP contribution in [0, 0.1) is 0 Å². The Morgan fingerprint density at radius 1 is 1.10 bits per heavy atom. The third-order valence-corrected chi connectivity index (χ3v) is 5.51. The fourth-order valence-electron chi connectivity index (χ4n) is 4.00. The average Bonchev–Trinajstić information content (AvgIpc) is 2.76. The molecule has 0 spiro atoms. The van der Waals surface area contributed by atoms with Crippen LogP contribution < -0.4 is 9.47 Å². The smallest absolute Gasteiger partial charge is 0.410 e. The largest absolute Gasteiger partial charge is 0.493 e. The van der Waals surface area contributed by atoms with E-state index in [1.807, 2.05) is 47.4 Å². The number of hydrogen-bond donors (Lipinski definition) is 0. The molecule has 0 aromatic heterocycles. The number of piperazine rings is 1. The lowest BCUT2D eigenvalue weighted by Crippen LogP contribution is -2.55. The van der Waals surface area contributed by atoms with Gasteiger partial charge in [0.2, 0.25) is 5.91 Å². The number of nitrogens with zero attached hydrogens (tertiary/aromatic N) is 2. The number of carbonyl (C=O) groups excluding carboxylic acids is 2. The molecule has 29 heavy (non-hydrogen) atoms. The minimum absolute atomic E-state index is 0.0345. The Morgan fingerprint density at radius 2 is 1.83 bits per heavy atom. The van der Waals surface area contributed by atoms with Gasteiger partial charge in [-0.2, -0.15) is 0 Å². The average molecular weight is 396 g/mol. The summed E-state index contributed by atoms with van der Waals surface area (Å²) in [5.41, 5.74) is 3.00. The third-order valence-electron chi connectivity index (χ3n) is 5.51. The summed E-state index contributed by atoms with van der Waals surface area (Å²) >= 11 is 0. The SMILES string of the molecule is COc1cc2c(cc1OC)C1CN(C(=O)OCc3ccccc3)CC(=O)N1CC2. The van der Waals surface area contributed by atoms with Crippen molar-refractivity contribution in [2.24, 2.45) is 0 Å². The predicted molar refractivity (Wildman–Crippen MR) is 106 cm³/mol. The lowest BCUT2D eigenvalue weighted by molar-refractivity contribution is -0.139. The fraction of sp³-hybridized carbons (Fsp3) is 0.364. The van der Waals surface area contributed by atoms with Crippen LogP contribution >= 0.6 is 0 Å². The van der Waals surface area contributed by atoms with E-state index >= 15 is 0 Å². The van der Waals surface area contributed by atoms with E-state index in [1.54, 1.807) is 14.2 Å². The Kier molecular flexibility index (Phi) is 5.29. The summed E-state index contributed by atoms with van der Waals surface area (Å²) in [5, 5.41) is 0. The summed E-state index contributed by atoms with van der Waals surface area (Å²) in [7, 11) is 3.19. The third kappa shape index (κ3) is 3.72. The summed E-state index contributed by atoms with van der Waals surface area (Å²) in [4.78, 5) is 28.7. The molecule has 1 atom stereocenters. The standard InChI is InChI=1S/C22H24N2O5/c1-27-19-10-16-8-9-24-18(17(16)11-20(19)28-2)12-23(13-21(24)25)22(26)29-14-15-6-4-3-5-7-15/h3-7,10-11,18H,8-9,12-14H2,1-2H3. The van der Waals surface area contributed by atoms with Crippen molar-refractivity contribution in [1.82, 2.24) is 9.80 Å². The van der Waals surface area contributed by atoms with E-state index in [9.17, 15) is 9.59 Å². The monoisotopic (exact) mass is 396 g/mol. The Bertz CT molecular complexity index is 915.